The molecule has 1 heterocycles. The smallest absolute Gasteiger partial charge is 0.338 e. The first-order valence-corrected chi connectivity index (χ1v) is 7.70. The number of benzene rings is 2. The minimum atomic E-state index is -0.485. The van der Waals surface area contributed by atoms with E-state index in [0.29, 0.717) is 34.1 Å². The molecule has 0 aromatic heterocycles. The van der Waals surface area contributed by atoms with Crippen LogP contribution in [0.1, 0.15) is 27.0 Å². The summed E-state index contributed by atoms with van der Waals surface area (Å²) in [5, 5.41) is 9.38. The van der Waals surface area contributed by atoms with Crippen LogP contribution in [0.5, 0.6) is 5.75 Å². The molecule has 122 valence electrons. The molecule has 1 aliphatic heterocycles. The van der Waals surface area contributed by atoms with E-state index in [1.807, 2.05) is 6.07 Å². The van der Waals surface area contributed by atoms with E-state index in [0.717, 1.165) is 5.56 Å². The van der Waals surface area contributed by atoms with Crippen LogP contribution in [0.3, 0.4) is 0 Å². The van der Waals surface area contributed by atoms with Crippen LogP contribution in [0, 0.1) is 11.3 Å². The van der Waals surface area contributed by atoms with Crippen LogP contribution in [-0.2, 0) is 29.1 Å². The number of nitriles is 1. The lowest BCUT2D eigenvalue weighted by molar-refractivity contribution is -0.0180. The fourth-order valence-corrected chi connectivity index (χ4v) is 2.81. The molecule has 1 aliphatic rings. The van der Waals surface area contributed by atoms with Gasteiger partial charge in [-0.2, -0.15) is 5.26 Å². The van der Waals surface area contributed by atoms with Crippen molar-refractivity contribution in [3.8, 4) is 11.8 Å². The highest BCUT2D eigenvalue weighted by Gasteiger charge is 2.18. The zero-order valence-electron chi connectivity index (χ0n) is 12.8. The number of rotatable bonds is 4. The Hall–Kier alpha value is -2.55. The molecule has 0 fully saturated rings. The van der Waals surface area contributed by atoms with Crippen LogP contribution in [-0.4, -0.2) is 12.8 Å². The maximum atomic E-state index is 12.3. The van der Waals surface area contributed by atoms with Gasteiger partial charge in [-0.1, -0.05) is 29.8 Å². The Morgan fingerprint density at radius 3 is 2.96 bits per heavy atom. The Bertz CT molecular complexity index is 813. The SMILES string of the molecule is N#CCc1ccccc1C(=O)OCc1cc(Cl)cc2c1OCOC2. The van der Waals surface area contributed by atoms with Crippen molar-refractivity contribution in [3.05, 3.63) is 63.7 Å². The van der Waals surface area contributed by atoms with Gasteiger partial charge in [0.25, 0.3) is 0 Å². The molecule has 0 bridgehead atoms. The van der Waals surface area contributed by atoms with Crippen LogP contribution < -0.4 is 4.74 Å². The van der Waals surface area contributed by atoms with E-state index in [9.17, 15) is 4.79 Å². The van der Waals surface area contributed by atoms with Gasteiger partial charge in [-0.25, -0.2) is 4.79 Å². The molecule has 0 atom stereocenters. The highest BCUT2D eigenvalue weighted by molar-refractivity contribution is 6.30. The van der Waals surface area contributed by atoms with Crippen molar-refractivity contribution in [2.45, 2.75) is 19.6 Å². The van der Waals surface area contributed by atoms with Crippen molar-refractivity contribution in [2.75, 3.05) is 6.79 Å². The number of ether oxygens (including phenoxy) is 3. The summed E-state index contributed by atoms with van der Waals surface area (Å²) in [6.07, 6.45) is 0.151. The number of hydrogen-bond donors (Lipinski definition) is 0. The molecule has 0 spiro atoms. The van der Waals surface area contributed by atoms with Gasteiger partial charge in [0.2, 0.25) is 0 Å². The molecular weight excluding hydrogens is 330 g/mol. The molecule has 0 aliphatic carbocycles. The molecule has 3 rings (SSSR count). The van der Waals surface area contributed by atoms with Crippen LogP contribution in [0.4, 0.5) is 0 Å². The fourth-order valence-electron chi connectivity index (χ4n) is 2.54. The predicted octanol–water partition coefficient (Wildman–Crippen LogP) is 3.63. The number of hydrogen-bond acceptors (Lipinski definition) is 5. The molecule has 2 aromatic rings. The van der Waals surface area contributed by atoms with Gasteiger partial charge in [0.05, 0.1) is 24.7 Å². The molecule has 0 radical (unpaired) electrons. The minimum Gasteiger partial charge on any atom is -0.467 e. The van der Waals surface area contributed by atoms with E-state index in [1.165, 1.54) is 0 Å². The standard InChI is InChI=1S/C18H14ClNO4/c19-15-7-13-9-22-11-24-17(13)14(8-15)10-23-18(21)16-4-2-1-3-12(16)5-6-20/h1-4,7-8H,5,9-11H2. The summed E-state index contributed by atoms with van der Waals surface area (Å²) in [7, 11) is 0. The largest absolute Gasteiger partial charge is 0.467 e. The second-order valence-electron chi connectivity index (χ2n) is 5.23. The molecule has 2 aromatic carbocycles. The highest BCUT2D eigenvalue weighted by atomic mass is 35.5. The number of halogens is 1. The Kier molecular flexibility index (Phi) is 4.99. The lowest BCUT2D eigenvalue weighted by Crippen LogP contribution is -2.14. The number of carbonyl (C=O) groups is 1. The van der Waals surface area contributed by atoms with Gasteiger partial charge in [0, 0.05) is 16.1 Å². The summed E-state index contributed by atoms with van der Waals surface area (Å²) in [4.78, 5) is 12.3. The van der Waals surface area contributed by atoms with E-state index in [2.05, 4.69) is 0 Å². The lowest BCUT2D eigenvalue weighted by Gasteiger charge is -2.21. The average Bonchev–Trinajstić information content (AvgIpc) is 2.60. The summed E-state index contributed by atoms with van der Waals surface area (Å²) in [6.45, 7) is 0.588. The fraction of sp³-hybridized carbons (Fsp3) is 0.222. The van der Waals surface area contributed by atoms with Crippen LogP contribution >= 0.6 is 11.6 Å². The van der Waals surface area contributed by atoms with Crippen LogP contribution in [0.2, 0.25) is 5.02 Å². The maximum absolute atomic E-state index is 12.3. The highest BCUT2D eigenvalue weighted by Crippen LogP contribution is 2.32. The van der Waals surface area contributed by atoms with Gasteiger partial charge in [0.15, 0.2) is 6.79 Å². The molecule has 6 heteroatoms. The average molecular weight is 344 g/mol. The van der Waals surface area contributed by atoms with Gasteiger partial charge < -0.3 is 14.2 Å². The lowest BCUT2D eigenvalue weighted by atomic mass is 10.1. The van der Waals surface area contributed by atoms with Gasteiger partial charge in [-0.3, -0.25) is 0 Å². The third kappa shape index (κ3) is 3.51. The summed E-state index contributed by atoms with van der Waals surface area (Å²) in [5.41, 5.74) is 2.54. The number of carbonyl (C=O) groups excluding carboxylic acids is 1. The maximum Gasteiger partial charge on any atom is 0.338 e. The van der Waals surface area contributed by atoms with E-state index >= 15 is 0 Å². The minimum absolute atomic E-state index is 0.0304. The van der Waals surface area contributed by atoms with E-state index < -0.39 is 5.97 Å². The topological polar surface area (TPSA) is 68.6 Å². The van der Waals surface area contributed by atoms with E-state index in [4.69, 9.17) is 31.1 Å². The van der Waals surface area contributed by atoms with Gasteiger partial charge in [-0.05, 0) is 23.8 Å². The summed E-state index contributed by atoms with van der Waals surface area (Å²) in [5.74, 6) is 0.158. The third-order valence-electron chi connectivity index (χ3n) is 3.62. The molecule has 0 N–H and O–H groups in total. The first-order chi connectivity index (χ1) is 11.7. The second kappa shape index (κ2) is 7.35. The zero-order chi connectivity index (χ0) is 16.9. The first kappa shape index (κ1) is 16.3. The summed E-state index contributed by atoms with van der Waals surface area (Å²) >= 11 is 6.09. The molecule has 0 amide bonds. The van der Waals surface area contributed by atoms with Crippen molar-refractivity contribution in [2.24, 2.45) is 0 Å². The quantitative estimate of drug-likeness (QED) is 0.793. The molecular formula is C18H14ClNO4. The molecule has 24 heavy (non-hydrogen) atoms. The third-order valence-corrected chi connectivity index (χ3v) is 3.84. The van der Waals surface area contributed by atoms with Gasteiger partial charge in [-0.15, -0.1) is 0 Å². The molecule has 0 saturated carbocycles. The van der Waals surface area contributed by atoms with Crippen LogP contribution in [0.15, 0.2) is 36.4 Å². The Morgan fingerprint density at radius 1 is 1.29 bits per heavy atom. The van der Waals surface area contributed by atoms with Gasteiger partial charge in [0.1, 0.15) is 12.4 Å². The molecule has 0 unspecified atom stereocenters. The van der Waals surface area contributed by atoms with Gasteiger partial charge >= 0.3 is 5.97 Å². The predicted molar refractivity (Wildman–Crippen MR) is 86.6 cm³/mol. The van der Waals surface area contributed by atoms with Crippen molar-refractivity contribution in [1.82, 2.24) is 0 Å². The monoisotopic (exact) mass is 343 g/mol. The van der Waals surface area contributed by atoms with E-state index in [1.54, 1.807) is 36.4 Å². The normalized spacial score (nSPS) is 12.7. The number of nitrogens with zero attached hydrogens (tertiary/aromatic N) is 1. The first-order valence-electron chi connectivity index (χ1n) is 7.33. The van der Waals surface area contributed by atoms with Crippen molar-refractivity contribution in [3.63, 3.8) is 0 Å². The Balaban J connectivity index is 1.78. The van der Waals surface area contributed by atoms with Crippen molar-refractivity contribution >= 4 is 17.6 Å². The van der Waals surface area contributed by atoms with E-state index in [-0.39, 0.29) is 19.8 Å². The molecule has 5 nitrogen and oxygen atoms in total. The second-order valence-corrected chi connectivity index (χ2v) is 5.67. The number of esters is 1. The van der Waals surface area contributed by atoms with Crippen molar-refractivity contribution < 1.29 is 19.0 Å². The van der Waals surface area contributed by atoms with Crippen LogP contribution in [0.25, 0.3) is 0 Å². The number of fused-ring (bicyclic) bond motifs is 1. The molecule has 0 saturated heterocycles. The Morgan fingerprint density at radius 2 is 2.12 bits per heavy atom. The summed E-state index contributed by atoms with van der Waals surface area (Å²) < 4.78 is 16.1. The zero-order valence-corrected chi connectivity index (χ0v) is 13.5. The Labute approximate surface area is 144 Å². The van der Waals surface area contributed by atoms with Crippen molar-refractivity contribution in [1.29, 1.82) is 5.26 Å². The summed E-state index contributed by atoms with van der Waals surface area (Å²) in [6, 6.07) is 12.4.